The summed E-state index contributed by atoms with van der Waals surface area (Å²) in [5.74, 6) is 1.72. The molecule has 2 heteroatoms. The smallest absolute Gasteiger partial charge is 0.0620 e. The zero-order valence-electron chi connectivity index (χ0n) is 9.79. The van der Waals surface area contributed by atoms with Crippen LogP contribution in [-0.4, -0.2) is 19.3 Å². The Labute approximate surface area is 93.6 Å². The van der Waals surface area contributed by atoms with E-state index in [1.165, 1.54) is 51.4 Å². The maximum atomic E-state index is 6.16. The SMILES string of the molecule is NC(COCCC1CC1)C1CCCCC1. The van der Waals surface area contributed by atoms with Crippen LogP contribution in [0, 0.1) is 11.8 Å². The highest BCUT2D eigenvalue weighted by Crippen LogP contribution is 2.32. The second kappa shape index (κ2) is 5.86. The van der Waals surface area contributed by atoms with Gasteiger partial charge in [0, 0.05) is 12.6 Å². The molecule has 0 aromatic heterocycles. The molecule has 0 spiro atoms. The Bertz CT molecular complexity index is 173. The average Bonchev–Trinajstić information content (AvgIpc) is 3.09. The molecule has 2 saturated carbocycles. The van der Waals surface area contributed by atoms with E-state index in [9.17, 15) is 0 Å². The Hall–Kier alpha value is -0.0800. The Kier molecular flexibility index (Phi) is 4.45. The van der Waals surface area contributed by atoms with Crippen molar-refractivity contribution in [2.24, 2.45) is 17.6 Å². The van der Waals surface area contributed by atoms with E-state index < -0.39 is 0 Å². The molecule has 15 heavy (non-hydrogen) atoms. The van der Waals surface area contributed by atoms with Gasteiger partial charge in [-0.25, -0.2) is 0 Å². The quantitative estimate of drug-likeness (QED) is 0.686. The number of hydrogen-bond donors (Lipinski definition) is 1. The van der Waals surface area contributed by atoms with Gasteiger partial charge in [0.1, 0.15) is 0 Å². The number of rotatable bonds is 6. The number of ether oxygens (including phenoxy) is 1. The van der Waals surface area contributed by atoms with E-state index in [2.05, 4.69) is 0 Å². The zero-order valence-corrected chi connectivity index (χ0v) is 9.79. The second-order valence-corrected chi connectivity index (χ2v) is 5.37. The Morgan fingerprint density at radius 1 is 1.07 bits per heavy atom. The minimum Gasteiger partial charge on any atom is -0.380 e. The van der Waals surface area contributed by atoms with Gasteiger partial charge < -0.3 is 10.5 Å². The molecule has 88 valence electrons. The Morgan fingerprint density at radius 3 is 2.47 bits per heavy atom. The van der Waals surface area contributed by atoms with Crippen LogP contribution in [0.25, 0.3) is 0 Å². The van der Waals surface area contributed by atoms with Crippen LogP contribution in [0.3, 0.4) is 0 Å². The minimum absolute atomic E-state index is 0.296. The van der Waals surface area contributed by atoms with Crippen molar-refractivity contribution < 1.29 is 4.74 Å². The third kappa shape index (κ3) is 4.12. The molecule has 1 atom stereocenters. The Balaban J connectivity index is 1.52. The molecular formula is C13H25NO. The minimum atomic E-state index is 0.296. The van der Waals surface area contributed by atoms with E-state index >= 15 is 0 Å². The molecule has 2 nitrogen and oxygen atoms in total. The number of hydrogen-bond acceptors (Lipinski definition) is 2. The van der Waals surface area contributed by atoms with E-state index in [0.29, 0.717) is 6.04 Å². The van der Waals surface area contributed by atoms with Crippen molar-refractivity contribution >= 4 is 0 Å². The van der Waals surface area contributed by atoms with Crippen LogP contribution in [0.15, 0.2) is 0 Å². The van der Waals surface area contributed by atoms with Crippen LogP contribution in [0.5, 0.6) is 0 Å². The molecular weight excluding hydrogens is 186 g/mol. The van der Waals surface area contributed by atoms with Gasteiger partial charge in [0.05, 0.1) is 6.61 Å². The highest BCUT2D eigenvalue weighted by Gasteiger charge is 2.22. The summed E-state index contributed by atoms with van der Waals surface area (Å²) in [6.07, 6.45) is 10.9. The Morgan fingerprint density at radius 2 is 1.80 bits per heavy atom. The molecule has 0 heterocycles. The first-order valence-corrected chi connectivity index (χ1v) is 6.69. The summed E-state index contributed by atoms with van der Waals surface area (Å²) in [5.41, 5.74) is 6.16. The predicted octanol–water partition coefficient (Wildman–Crippen LogP) is 2.71. The molecule has 2 N–H and O–H groups in total. The van der Waals surface area contributed by atoms with Gasteiger partial charge in [-0.3, -0.25) is 0 Å². The van der Waals surface area contributed by atoms with Crippen molar-refractivity contribution in [1.82, 2.24) is 0 Å². The first-order valence-electron chi connectivity index (χ1n) is 6.69. The lowest BCUT2D eigenvalue weighted by Crippen LogP contribution is -2.36. The molecule has 2 fully saturated rings. The van der Waals surface area contributed by atoms with Gasteiger partial charge in [0.25, 0.3) is 0 Å². The van der Waals surface area contributed by atoms with Crippen molar-refractivity contribution in [1.29, 1.82) is 0 Å². The zero-order chi connectivity index (χ0) is 10.5. The lowest BCUT2D eigenvalue weighted by atomic mass is 9.84. The van der Waals surface area contributed by atoms with Gasteiger partial charge in [-0.1, -0.05) is 32.1 Å². The van der Waals surface area contributed by atoms with E-state index in [4.69, 9.17) is 10.5 Å². The molecule has 0 amide bonds. The maximum Gasteiger partial charge on any atom is 0.0620 e. The highest BCUT2D eigenvalue weighted by atomic mass is 16.5. The third-order valence-corrected chi connectivity index (χ3v) is 3.93. The molecule has 2 aliphatic rings. The molecule has 0 aliphatic heterocycles. The third-order valence-electron chi connectivity index (χ3n) is 3.93. The fourth-order valence-electron chi connectivity index (χ4n) is 2.57. The molecule has 2 aliphatic carbocycles. The molecule has 1 unspecified atom stereocenters. The van der Waals surface area contributed by atoms with Crippen LogP contribution in [-0.2, 0) is 4.74 Å². The topological polar surface area (TPSA) is 35.2 Å². The van der Waals surface area contributed by atoms with Crippen molar-refractivity contribution in [2.75, 3.05) is 13.2 Å². The van der Waals surface area contributed by atoms with Gasteiger partial charge in [-0.2, -0.15) is 0 Å². The molecule has 0 saturated heterocycles. The van der Waals surface area contributed by atoms with Crippen molar-refractivity contribution in [2.45, 2.75) is 57.4 Å². The van der Waals surface area contributed by atoms with Crippen LogP contribution in [0.2, 0.25) is 0 Å². The van der Waals surface area contributed by atoms with Crippen LogP contribution < -0.4 is 5.73 Å². The maximum absolute atomic E-state index is 6.16. The summed E-state index contributed by atoms with van der Waals surface area (Å²) in [5, 5.41) is 0. The van der Waals surface area contributed by atoms with Crippen LogP contribution in [0.4, 0.5) is 0 Å². The van der Waals surface area contributed by atoms with Crippen LogP contribution >= 0.6 is 0 Å². The molecule has 0 aromatic carbocycles. The van der Waals surface area contributed by atoms with Gasteiger partial charge in [0.2, 0.25) is 0 Å². The molecule has 2 rings (SSSR count). The van der Waals surface area contributed by atoms with E-state index in [1.54, 1.807) is 0 Å². The summed E-state index contributed by atoms with van der Waals surface area (Å²) in [7, 11) is 0. The second-order valence-electron chi connectivity index (χ2n) is 5.37. The summed E-state index contributed by atoms with van der Waals surface area (Å²) in [6.45, 7) is 1.72. The van der Waals surface area contributed by atoms with Crippen molar-refractivity contribution in [3.63, 3.8) is 0 Å². The van der Waals surface area contributed by atoms with Crippen molar-refractivity contribution in [3.05, 3.63) is 0 Å². The van der Waals surface area contributed by atoms with E-state index in [1.807, 2.05) is 0 Å². The first kappa shape index (κ1) is 11.4. The molecule has 0 aromatic rings. The molecule has 0 radical (unpaired) electrons. The lowest BCUT2D eigenvalue weighted by molar-refractivity contribution is 0.0933. The average molecular weight is 211 g/mol. The largest absolute Gasteiger partial charge is 0.380 e. The summed E-state index contributed by atoms with van der Waals surface area (Å²) < 4.78 is 5.67. The lowest BCUT2D eigenvalue weighted by Gasteiger charge is -2.27. The monoisotopic (exact) mass is 211 g/mol. The van der Waals surface area contributed by atoms with Crippen molar-refractivity contribution in [3.8, 4) is 0 Å². The summed E-state index contributed by atoms with van der Waals surface area (Å²) in [6, 6.07) is 0.296. The van der Waals surface area contributed by atoms with Crippen LogP contribution in [0.1, 0.15) is 51.4 Å². The fraction of sp³-hybridized carbons (Fsp3) is 1.00. The standard InChI is InChI=1S/C13H25NO/c14-13(12-4-2-1-3-5-12)10-15-9-8-11-6-7-11/h11-13H,1-10,14H2. The molecule has 0 bridgehead atoms. The van der Waals surface area contributed by atoms with Gasteiger partial charge in [-0.15, -0.1) is 0 Å². The first-order chi connectivity index (χ1) is 7.36. The van der Waals surface area contributed by atoms with E-state index in [-0.39, 0.29) is 0 Å². The number of nitrogens with two attached hydrogens (primary N) is 1. The fourth-order valence-corrected chi connectivity index (χ4v) is 2.57. The summed E-state index contributed by atoms with van der Waals surface area (Å²) in [4.78, 5) is 0. The van der Waals surface area contributed by atoms with Gasteiger partial charge >= 0.3 is 0 Å². The van der Waals surface area contributed by atoms with E-state index in [0.717, 1.165) is 25.0 Å². The van der Waals surface area contributed by atoms with Gasteiger partial charge in [0.15, 0.2) is 0 Å². The predicted molar refractivity (Wildman–Crippen MR) is 62.7 cm³/mol. The normalized spacial score (nSPS) is 25.4. The summed E-state index contributed by atoms with van der Waals surface area (Å²) >= 11 is 0. The van der Waals surface area contributed by atoms with Gasteiger partial charge in [-0.05, 0) is 31.1 Å². The highest BCUT2D eigenvalue weighted by molar-refractivity contribution is 4.76.